The first-order chi connectivity index (χ1) is 18.3. The summed E-state index contributed by atoms with van der Waals surface area (Å²) >= 11 is 6.37. The van der Waals surface area contributed by atoms with Crippen molar-refractivity contribution in [3.63, 3.8) is 0 Å². The molecule has 1 unspecified atom stereocenters. The van der Waals surface area contributed by atoms with E-state index < -0.39 is 12.0 Å². The zero-order valence-corrected chi connectivity index (χ0v) is 22.6. The number of nitrogens with zero attached hydrogens (tertiary/aromatic N) is 6. The van der Waals surface area contributed by atoms with Gasteiger partial charge >= 0.3 is 0 Å². The van der Waals surface area contributed by atoms with E-state index in [0.29, 0.717) is 33.0 Å². The predicted octanol–water partition coefficient (Wildman–Crippen LogP) is 2.82. The number of hydrogen-bond acceptors (Lipinski definition) is 10. The summed E-state index contributed by atoms with van der Waals surface area (Å²) in [7, 11) is 2.14. The van der Waals surface area contributed by atoms with Crippen LogP contribution in [0.2, 0.25) is 5.02 Å². The van der Waals surface area contributed by atoms with Gasteiger partial charge in [0.25, 0.3) is 5.91 Å². The smallest absolute Gasteiger partial charge is 0.269 e. The van der Waals surface area contributed by atoms with E-state index in [1.807, 2.05) is 0 Å². The monoisotopic (exact) mass is 556 g/mol. The quantitative estimate of drug-likeness (QED) is 0.252. The van der Waals surface area contributed by atoms with Gasteiger partial charge in [0.1, 0.15) is 29.3 Å². The van der Waals surface area contributed by atoms with E-state index in [2.05, 4.69) is 47.5 Å². The highest BCUT2D eigenvalue weighted by Gasteiger charge is 2.25. The molecule has 14 heteroatoms. The van der Waals surface area contributed by atoms with Crippen LogP contribution in [0.3, 0.4) is 0 Å². The van der Waals surface area contributed by atoms with Crippen molar-refractivity contribution in [2.75, 3.05) is 13.2 Å². The van der Waals surface area contributed by atoms with Gasteiger partial charge in [0, 0.05) is 15.2 Å². The number of nitrogens with two attached hydrogens (primary N) is 1. The van der Waals surface area contributed by atoms with Crippen molar-refractivity contribution in [1.29, 1.82) is 5.26 Å². The number of hydrogen-bond donors (Lipinski definition) is 2. The molecule has 0 radical (unpaired) electrons. The van der Waals surface area contributed by atoms with E-state index in [1.54, 1.807) is 38.1 Å². The van der Waals surface area contributed by atoms with Crippen LogP contribution >= 0.6 is 21.1 Å². The molecule has 3 rings (SSSR count). The molecule has 3 atom stereocenters. The summed E-state index contributed by atoms with van der Waals surface area (Å²) in [6.07, 6.45) is 4.04. The number of nitriles is 1. The number of ether oxygens (including phenoxy) is 2. The van der Waals surface area contributed by atoms with Crippen LogP contribution in [-0.2, 0) is 14.1 Å². The van der Waals surface area contributed by atoms with Crippen molar-refractivity contribution in [3.8, 4) is 17.6 Å². The number of aliphatic imine (C=N–C) groups is 1. The van der Waals surface area contributed by atoms with Crippen LogP contribution in [-0.4, -0.2) is 56.8 Å². The Morgan fingerprint density at radius 2 is 2.21 bits per heavy atom. The summed E-state index contributed by atoms with van der Waals surface area (Å²) < 4.78 is 18.1. The molecule has 2 aromatic heterocycles. The Bertz CT molecular complexity index is 1420. The average Bonchev–Trinajstić information content (AvgIpc) is 3.33. The highest BCUT2D eigenvalue weighted by atomic mass is 35.5. The van der Waals surface area contributed by atoms with Gasteiger partial charge in [0.05, 0.1) is 42.3 Å². The maximum Gasteiger partial charge on any atom is 0.269 e. The molecule has 198 valence electrons. The van der Waals surface area contributed by atoms with Gasteiger partial charge in [0.15, 0.2) is 5.65 Å². The van der Waals surface area contributed by atoms with Gasteiger partial charge in [-0.05, 0) is 32.1 Å². The van der Waals surface area contributed by atoms with Gasteiger partial charge in [-0.25, -0.2) is 14.6 Å². The molecule has 0 saturated heterocycles. The number of carbonyl (C=O) groups excluding carboxylic acids is 1. The van der Waals surface area contributed by atoms with Crippen molar-refractivity contribution < 1.29 is 18.8 Å². The van der Waals surface area contributed by atoms with E-state index in [1.165, 1.54) is 23.4 Å². The van der Waals surface area contributed by atoms with Crippen molar-refractivity contribution >= 4 is 43.7 Å². The lowest BCUT2D eigenvalue weighted by Crippen LogP contribution is -2.43. The summed E-state index contributed by atoms with van der Waals surface area (Å²) in [5, 5.41) is 17.1. The number of allylic oxidation sites excluding steroid dienone is 1. The van der Waals surface area contributed by atoms with Gasteiger partial charge in [0.2, 0.25) is 12.0 Å². The standard InChI is InChI=1S/C24H26ClN8O4P/c1-4-14(2)28-10-20(27)32-23(34)19(12-35-15(3)11-36-38)37-24-17-9-31-33(22(17)29-13-30-24)21-16(8-26)6-5-7-18(21)25/h4-7,9-10,13,15,19H,1,11-12,27,38H2,2-3H3,(H,32,34)/b20-10+,28-14?/t15-,19+/m1/s1. The molecular formula is C24H26ClN8O4P. The highest BCUT2D eigenvalue weighted by Crippen LogP contribution is 2.29. The third-order valence-electron chi connectivity index (χ3n) is 5.03. The molecule has 0 aliphatic carbocycles. The van der Waals surface area contributed by atoms with Crippen LogP contribution in [0, 0.1) is 11.3 Å². The first kappa shape index (κ1) is 28.7. The number of aromatic nitrogens is 4. The maximum absolute atomic E-state index is 13.1. The molecule has 0 spiro atoms. The van der Waals surface area contributed by atoms with E-state index >= 15 is 0 Å². The molecule has 0 aliphatic heterocycles. The van der Waals surface area contributed by atoms with Crippen LogP contribution < -0.4 is 15.8 Å². The normalized spacial score (nSPS) is 13.6. The van der Waals surface area contributed by atoms with E-state index in [4.69, 9.17) is 31.3 Å². The van der Waals surface area contributed by atoms with E-state index in [0.717, 1.165) is 0 Å². The predicted molar refractivity (Wildman–Crippen MR) is 146 cm³/mol. The number of halogens is 1. The van der Waals surface area contributed by atoms with Crippen LogP contribution in [0.25, 0.3) is 16.7 Å². The number of fused-ring (bicyclic) bond motifs is 1. The van der Waals surface area contributed by atoms with Gasteiger partial charge in [-0.1, -0.05) is 24.2 Å². The Hall–Kier alpha value is -3.88. The lowest BCUT2D eigenvalue weighted by molar-refractivity contribution is -0.131. The van der Waals surface area contributed by atoms with Crippen LogP contribution in [0.15, 0.2) is 60.4 Å². The first-order valence-electron chi connectivity index (χ1n) is 11.2. The maximum atomic E-state index is 13.1. The van der Waals surface area contributed by atoms with Gasteiger partial charge in [-0.15, -0.1) is 0 Å². The second-order valence-electron chi connectivity index (χ2n) is 7.85. The SMILES string of the molecule is C=CC(C)=N/C=C(\N)NC(=O)[C@H](CO[C@H](C)COP)Oc1ncnc2c1cnn2-c1c(Cl)cccc1C#N. The van der Waals surface area contributed by atoms with Crippen LogP contribution in [0.1, 0.15) is 19.4 Å². The fraction of sp³-hybridized carbons (Fsp3) is 0.250. The molecule has 12 nitrogen and oxygen atoms in total. The number of rotatable bonds is 12. The van der Waals surface area contributed by atoms with Crippen LogP contribution in [0.5, 0.6) is 5.88 Å². The Labute approximate surface area is 226 Å². The average molecular weight is 557 g/mol. The van der Waals surface area contributed by atoms with Gasteiger partial charge in [-0.3, -0.25) is 9.79 Å². The molecule has 1 amide bonds. The summed E-state index contributed by atoms with van der Waals surface area (Å²) in [4.78, 5) is 25.6. The second-order valence-corrected chi connectivity index (χ2v) is 8.59. The summed E-state index contributed by atoms with van der Waals surface area (Å²) in [5.41, 5.74) is 7.49. The molecule has 3 aromatic rings. The second kappa shape index (κ2) is 13.6. The molecule has 2 heterocycles. The molecule has 1 aromatic carbocycles. The number of carbonyl (C=O) groups is 1. The Morgan fingerprint density at radius 1 is 1.42 bits per heavy atom. The van der Waals surface area contributed by atoms with Crippen molar-refractivity contribution in [2.45, 2.75) is 26.1 Å². The lowest BCUT2D eigenvalue weighted by Gasteiger charge is -2.20. The van der Waals surface area contributed by atoms with Crippen molar-refractivity contribution in [1.82, 2.24) is 25.1 Å². The molecule has 0 aliphatic rings. The Morgan fingerprint density at radius 3 is 2.92 bits per heavy atom. The Balaban J connectivity index is 1.94. The largest absolute Gasteiger partial charge is 0.461 e. The number of nitrogens with one attached hydrogen (secondary N) is 1. The zero-order chi connectivity index (χ0) is 27.7. The zero-order valence-electron chi connectivity index (χ0n) is 20.7. The van der Waals surface area contributed by atoms with Gasteiger partial charge in [-0.2, -0.15) is 10.4 Å². The van der Waals surface area contributed by atoms with Crippen molar-refractivity contribution in [3.05, 3.63) is 66.0 Å². The van der Waals surface area contributed by atoms with Crippen molar-refractivity contribution in [2.24, 2.45) is 10.7 Å². The van der Waals surface area contributed by atoms with E-state index in [-0.39, 0.29) is 31.0 Å². The third-order valence-corrected chi connectivity index (χ3v) is 5.53. The summed E-state index contributed by atoms with van der Waals surface area (Å²) in [6, 6.07) is 7.01. The summed E-state index contributed by atoms with van der Waals surface area (Å²) in [6.45, 7) is 7.26. The molecular weight excluding hydrogens is 531 g/mol. The Kier molecular flexibility index (Phi) is 10.3. The fourth-order valence-corrected chi connectivity index (χ4v) is 3.64. The summed E-state index contributed by atoms with van der Waals surface area (Å²) in [5.74, 6) is -0.538. The molecule has 38 heavy (non-hydrogen) atoms. The third kappa shape index (κ3) is 7.12. The highest BCUT2D eigenvalue weighted by molar-refractivity contribution is 7.09. The number of amides is 1. The minimum Gasteiger partial charge on any atom is -0.461 e. The van der Waals surface area contributed by atoms with E-state index in [9.17, 15) is 10.1 Å². The molecule has 0 fully saturated rings. The molecule has 0 saturated carbocycles. The molecule has 0 bridgehead atoms. The van der Waals surface area contributed by atoms with Gasteiger partial charge < -0.3 is 25.0 Å². The first-order valence-corrected chi connectivity index (χ1v) is 12.0. The lowest BCUT2D eigenvalue weighted by atomic mass is 10.2. The minimum atomic E-state index is -1.17. The van der Waals surface area contributed by atoms with Crippen LogP contribution in [0.4, 0.5) is 0 Å². The number of para-hydroxylation sites is 1. The number of benzene rings is 1. The molecule has 3 N–H and O–H groups in total. The topological polar surface area (TPSA) is 163 Å². The fourth-order valence-electron chi connectivity index (χ4n) is 3.11. The minimum absolute atomic E-state index is 0.00505.